The molecular formula is C14H16ClN3O. The summed E-state index contributed by atoms with van der Waals surface area (Å²) >= 11 is 5.92. The van der Waals surface area contributed by atoms with Gasteiger partial charge in [-0.2, -0.15) is 4.98 Å². The van der Waals surface area contributed by atoms with Crippen LogP contribution in [0.25, 0.3) is 0 Å². The van der Waals surface area contributed by atoms with Crippen LogP contribution in [0.15, 0.2) is 30.3 Å². The summed E-state index contributed by atoms with van der Waals surface area (Å²) in [5, 5.41) is 0.686. The van der Waals surface area contributed by atoms with Crippen molar-refractivity contribution in [3.63, 3.8) is 0 Å². The van der Waals surface area contributed by atoms with E-state index >= 15 is 0 Å². The number of halogens is 1. The minimum Gasteiger partial charge on any atom is -0.473 e. The zero-order valence-corrected chi connectivity index (χ0v) is 11.7. The van der Waals surface area contributed by atoms with E-state index in [9.17, 15) is 0 Å². The van der Waals surface area contributed by atoms with Gasteiger partial charge in [-0.3, -0.25) is 0 Å². The van der Waals surface area contributed by atoms with Gasteiger partial charge in [-0.25, -0.2) is 4.98 Å². The maximum Gasteiger partial charge on any atom is 0.219 e. The SMILES string of the molecule is CC(C)c1nc(N)cc(OCc2cccc(Cl)c2)n1. The van der Waals surface area contributed by atoms with Crippen molar-refractivity contribution in [1.82, 2.24) is 9.97 Å². The number of hydrogen-bond acceptors (Lipinski definition) is 4. The first kappa shape index (κ1) is 13.6. The van der Waals surface area contributed by atoms with Gasteiger partial charge in [0.1, 0.15) is 18.2 Å². The van der Waals surface area contributed by atoms with E-state index in [2.05, 4.69) is 9.97 Å². The number of nitrogens with zero attached hydrogens (tertiary/aromatic N) is 2. The Morgan fingerprint density at radius 2 is 2.05 bits per heavy atom. The molecule has 0 aliphatic heterocycles. The van der Waals surface area contributed by atoms with Gasteiger partial charge in [-0.15, -0.1) is 0 Å². The van der Waals surface area contributed by atoms with Crippen LogP contribution in [0.1, 0.15) is 31.2 Å². The largest absolute Gasteiger partial charge is 0.473 e. The number of nitrogen functional groups attached to an aromatic ring is 1. The Hall–Kier alpha value is -1.81. The van der Waals surface area contributed by atoms with Gasteiger partial charge in [-0.05, 0) is 17.7 Å². The molecule has 0 radical (unpaired) electrons. The second-order valence-electron chi connectivity index (χ2n) is 4.56. The van der Waals surface area contributed by atoms with Crippen LogP contribution < -0.4 is 10.5 Å². The van der Waals surface area contributed by atoms with Gasteiger partial charge in [0.2, 0.25) is 5.88 Å². The van der Waals surface area contributed by atoms with Crippen molar-refractivity contribution in [3.8, 4) is 5.88 Å². The molecule has 2 rings (SSSR count). The highest BCUT2D eigenvalue weighted by atomic mass is 35.5. The number of hydrogen-bond donors (Lipinski definition) is 1. The monoisotopic (exact) mass is 277 g/mol. The molecule has 4 nitrogen and oxygen atoms in total. The lowest BCUT2D eigenvalue weighted by Crippen LogP contribution is -2.05. The molecule has 2 aromatic rings. The minimum absolute atomic E-state index is 0.206. The molecule has 1 heterocycles. The first-order chi connectivity index (χ1) is 9.04. The predicted molar refractivity (Wildman–Crippen MR) is 76.3 cm³/mol. The van der Waals surface area contributed by atoms with Crippen LogP contribution in [0.3, 0.4) is 0 Å². The average molecular weight is 278 g/mol. The fourth-order valence-corrected chi connectivity index (χ4v) is 1.79. The standard InChI is InChI=1S/C14H16ClN3O/c1-9(2)14-17-12(16)7-13(18-14)19-8-10-4-3-5-11(15)6-10/h3-7,9H,8H2,1-2H3,(H2,16,17,18). The fraction of sp³-hybridized carbons (Fsp3) is 0.286. The zero-order chi connectivity index (χ0) is 13.8. The molecular weight excluding hydrogens is 262 g/mol. The third-order valence-electron chi connectivity index (χ3n) is 2.53. The molecule has 0 atom stereocenters. The molecule has 0 amide bonds. The van der Waals surface area contributed by atoms with Crippen molar-refractivity contribution in [2.24, 2.45) is 0 Å². The number of ether oxygens (including phenoxy) is 1. The van der Waals surface area contributed by atoms with E-state index in [4.69, 9.17) is 22.1 Å². The van der Waals surface area contributed by atoms with Crippen molar-refractivity contribution in [2.45, 2.75) is 26.4 Å². The maximum atomic E-state index is 5.92. The molecule has 0 aliphatic carbocycles. The normalized spacial score (nSPS) is 10.7. The summed E-state index contributed by atoms with van der Waals surface area (Å²) in [5.41, 5.74) is 6.72. The summed E-state index contributed by atoms with van der Waals surface area (Å²) in [7, 11) is 0. The molecule has 19 heavy (non-hydrogen) atoms. The smallest absolute Gasteiger partial charge is 0.219 e. The van der Waals surface area contributed by atoms with Crippen molar-refractivity contribution in [1.29, 1.82) is 0 Å². The van der Waals surface area contributed by atoms with Crippen molar-refractivity contribution < 1.29 is 4.74 Å². The van der Waals surface area contributed by atoms with Crippen LogP contribution in [-0.4, -0.2) is 9.97 Å². The van der Waals surface area contributed by atoms with E-state index in [0.29, 0.717) is 29.2 Å². The van der Waals surface area contributed by atoms with E-state index in [1.165, 1.54) is 0 Å². The van der Waals surface area contributed by atoms with E-state index in [1.54, 1.807) is 6.07 Å². The molecule has 0 fully saturated rings. The summed E-state index contributed by atoms with van der Waals surface area (Å²) in [5.74, 6) is 1.79. The maximum absolute atomic E-state index is 5.92. The molecule has 0 spiro atoms. The lowest BCUT2D eigenvalue weighted by Gasteiger charge is -2.09. The molecule has 1 aromatic carbocycles. The van der Waals surface area contributed by atoms with Gasteiger partial charge in [0.25, 0.3) is 0 Å². The quantitative estimate of drug-likeness (QED) is 0.930. The summed E-state index contributed by atoms with van der Waals surface area (Å²) in [6, 6.07) is 9.13. The van der Waals surface area contributed by atoms with Gasteiger partial charge in [0.15, 0.2) is 0 Å². The third-order valence-corrected chi connectivity index (χ3v) is 2.77. The van der Waals surface area contributed by atoms with Gasteiger partial charge >= 0.3 is 0 Å². The van der Waals surface area contributed by atoms with Gasteiger partial charge in [0, 0.05) is 17.0 Å². The molecule has 0 saturated carbocycles. The second-order valence-corrected chi connectivity index (χ2v) is 5.00. The Morgan fingerprint density at radius 3 is 2.74 bits per heavy atom. The van der Waals surface area contributed by atoms with Gasteiger partial charge in [-0.1, -0.05) is 37.6 Å². The number of benzene rings is 1. The van der Waals surface area contributed by atoms with E-state index in [1.807, 2.05) is 38.1 Å². The van der Waals surface area contributed by atoms with E-state index in [0.717, 1.165) is 5.56 Å². The Labute approximate surface area is 117 Å². The molecule has 1 aromatic heterocycles. The Bertz CT molecular complexity index is 572. The second kappa shape index (κ2) is 5.89. The van der Waals surface area contributed by atoms with Crippen LogP contribution in [0.2, 0.25) is 5.02 Å². The average Bonchev–Trinajstić information content (AvgIpc) is 2.36. The first-order valence-corrected chi connectivity index (χ1v) is 6.44. The Balaban J connectivity index is 2.11. The highest BCUT2D eigenvalue weighted by Crippen LogP contribution is 2.18. The van der Waals surface area contributed by atoms with Gasteiger partial charge in [0.05, 0.1) is 0 Å². The lowest BCUT2D eigenvalue weighted by molar-refractivity contribution is 0.292. The molecule has 100 valence electrons. The van der Waals surface area contributed by atoms with E-state index in [-0.39, 0.29) is 5.92 Å². The highest BCUT2D eigenvalue weighted by Gasteiger charge is 2.07. The first-order valence-electron chi connectivity index (χ1n) is 6.06. The van der Waals surface area contributed by atoms with Crippen LogP contribution >= 0.6 is 11.6 Å². The summed E-state index contributed by atoms with van der Waals surface area (Å²) in [6.45, 7) is 4.42. The van der Waals surface area contributed by atoms with Crippen LogP contribution in [0, 0.1) is 0 Å². The number of anilines is 1. The lowest BCUT2D eigenvalue weighted by atomic mass is 10.2. The van der Waals surface area contributed by atoms with Crippen LogP contribution in [0.5, 0.6) is 5.88 Å². The Kier molecular flexibility index (Phi) is 4.22. The summed E-state index contributed by atoms with van der Waals surface area (Å²) in [6.07, 6.45) is 0. The van der Waals surface area contributed by atoms with Crippen molar-refractivity contribution in [3.05, 3.63) is 46.7 Å². The number of aromatic nitrogens is 2. The molecule has 0 saturated heterocycles. The molecule has 0 bridgehead atoms. The topological polar surface area (TPSA) is 61.0 Å². The number of rotatable bonds is 4. The molecule has 2 N–H and O–H groups in total. The van der Waals surface area contributed by atoms with E-state index < -0.39 is 0 Å². The predicted octanol–water partition coefficient (Wildman–Crippen LogP) is 3.41. The van der Waals surface area contributed by atoms with Crippen molar-refractivity contribution >= 4 is 17.4 Å². The molecule has 0 aliphatic rings. The van der Waals surface area contributed by atoms with Gasteiger partial charge < -0.3 is 10.5 Å². The van der Waals surface area contributed by atoms with Crippen LogP contribution in [0.4, 0.5) is 5.82 Å². The minimum atomic E-state index is 0.206. The summed E-state index contributed by atoms with van der Waals surface area (Å²) in [4.78, 5) is 8.49. The fourth-order valence-electron chi connectivity index (χ4n) is 1.58. The molecule has 5 heteroatoms. The zero-order valence-electron chi connectivity index (χ0n) is 10.9. The number of nitrogens with two attached hydrogens (primary N) is 1. The third kappa shape index (κ3) is 3.83. The van der Waals surface area contributed by atoms with Crippen LogP contribution in [-0.2, 0) is 6.61 Å². The molecule has 0 unspecified atom stereocenters. The highest BCUT2D eigenvalue weighted by molar-refractivity contribution is 6.30. The summed E-state index contributed by atoms with van der Waals surface area (Å²) < 4.78 is 5.63. The Morgan fingerprint density at radius 1 is 1.26 bits per heavy atom. The van der Waals surface area contributed by atoms with Crippen molar-refractivity contribution in [2.75, 3.05) is 5.73 Å².